The number of carbonyl (C=O) groups is 1. The van der Waals surface area contributed by atoms with Crippen molar-refractivity contribution in [1.29, 1.82) is 0 Å². The molecule has 2 aliphatic carbocycles. The molecule has 1 saturated heterocycles. The van der Waals surface area contributed by atoms with Gasteiger partial charge in [0.05, 0.1) is 16.4 Å². The van der Waals surface area contributed by atoms with Crippen molar-refractivity contribution in [2.45, 2.75) is 57.3 Å². The zero-order valence-electron chi connectivity index (χ0n) is 19.1. The molecule has 176 valence electrons. The molecular formula is C27H28Cl2N4O. The standard InChI is InChI=1S/C27H28Cl2N4O/c28-20-9-11-24(23(29)16-20)33-26-21-10-8-18(17-6-2-1-3-7-17)14-19(21)15-22(26)25(30-33)27(34)31-32-12-4-5-13-32/h8-11,14,16-17H,1-7,12-13,15H2,(H,31,34). The van der Waals surface area contributed by atoms with Gasteiger partial charge in [0.25, 0.3) is 5.91 Å². The molecule has 3 aromatic rings. The molecule has 1 aliphatic heterocycles. The molecular weight excluding hydrogens is 467 g/mol. The number of hydrogen-bond acceptors (Lipinski definition) is 3. The van der Waals surface area contributed by atoms with Crippen LogP contribution in [0.5, 0.6) is 0 Å². The SMILES string of the molecule is O=C(NN1CCCC1)c1nn(-c2ccc(Cl)cc2Cl)c2c1Cc1cc(C3CCCCC3)ccc1-2. The fraction of sp³-hybridized carbons (Fsp3) is 0.407. The lowest BCUT2D eigenvalue weighted by Gasteiger charge is -2.22. The lowest BCUT2D eigenvalue weighted by molar-refractivity contribution is 0.0819. The van der Waals surface area contributed by atoms with E-state index in [1.807, 2.05) is 21.8 Å². The summed E-state index contributed by atoms with van der Waals surface area (Å²) in [6, 6.07) is 12.3. The van der Waals surface area contributed by atoms with Gasteiger partial charge in [-0.1, -0.05) is 60.7 Å². The van der Waals surface area contributed by atoms with E-state index in [9.17, 15) is 4.79 Å². The first-order valence-electron chi connectivity index (χ1n) is 12.3. The fourth-order valence-corrected chi connectivity index (χ4v) is 6.29. The topological polar surface area (TPSA) is 50.2 Å². The monoisotopic (exact) mass is 494 g/mol. The van der Waals surface area contributed by atoms with Crippen LogP contribution in [-0.4, -0.2) is 33.8 Å². The predicted molar refractivity (Wildman–Crippen MR) is 136 cm³/mol. The van der Waals surface area contributed by atoms with E-state index >= 15 is 0 Å². The zero-order valence-corrected chi connectivity index (χ0v) is 20.6. The van der Waals surface area contributed by atoms with Gasteiger partial charge in [-0.05, 0) is 60.9 Å². The molecule has 0 atom stereocenters. The second kappa shape index (κ2) is 9.03. The van der Waals surface area contributed by atoms with Crippen molar-refractivity contribution in [3.63, 3.8) is 0 Å². The third-order valence-electron chi connectivity index (χ3n) is 7.53. The van der Waals surface area contributed by atoms with Crippen LogP contribution in [0.25, 0.3) is 16.9 Å². The minimum atomic E-state index is -0.151. The molecule has 2 heterocycles. The Hall–Kier alpha value is -2.34. The summed E-state index contributed by atoms with van der Waals surface area (Å²) in [5.41, 5.74) is 10.0. The van der Waals surface area contributed by atoms with E-state index in [4.69, 9.17) is 28.3 Å². The molecule has 1 amide bonds. The van der Waals surface area contributed by atoms with Crippen molar-refractivity contribution >= 4 is 29.1 Å². The van der Waals surface area contributed by atoms with Gasteiger partial charge in [-0.3, -0.25) is 10.2 Å². The van der Waals surface area contributed by atoms with Crippen molar-refractivity contribution in [3.05, 3.63) is 68.8 Å². The highest BCUT2D eigenvalue weighted by atomic mass is 35.5. The molecule has 0 bridgehead atoms. The number of benzene rings is 2. The number of nitrogens with one attached hydrogen (secondary N) is 1. The van der Waals surface area contributed by atoms with Crippen molar-refractivity contribution in [3.8, 4) is 16.9 Å². The van der Waals surface area contributed by atoms with E-state index < -0.39 is 0 Å². The zero-order chi connectivity index (χ0) is 23.2. The van der Waals surface area contributed by atoms with E-state index in [2.05, 4.69) is 23.6 Å². The maximum absolute atomic E-state index is 13.3. The number of amides is 1. The van der Waals surface area contributed by atoms with E-state index in [1.54, 1.807) is 6.07 Å². The van der Waals surface area contributed by atoms with Crippen LogP contribution in [0.1, 0.15) is 78.0 Å². The summed E-state index contributed by atoms with van der Waals surface area (Å²) in [5, 5.41) is 7.87. The van der Waals surface area contributed by atoms with Gasteiger partial charge in [-0.25, -0.2) is 9.69 Å². The van der Waals surface area contributed by atoms with Gasteiger partial charge < -0.3 is 0 Å². The lowest BCUT2D eigenvalue weighted by atomic mass is 9.83. The minimum Gasteiger partial charge on any atom is -0.283 e. The van der Waals surface area contributed by atoms with Gasteiger partial charge >= 0.3 is 0 Å². The Morgan fingerprint density at radius 2 is 1.76 bits per heavy atom. The molecule has 1 saturated carbocycles. The lowest BCUT2D eigenvalue weighted by Crippen LogP contribution is -2.40. The van der Waals surface area contributed by atoms with Gasteiger partial charge in [0, 0.05) is 35.7 Å². The Bertz CT molecular complexity index is 1260. The van der Waals surface area contributed by atoms with Gasteiger partial charge in [0.1, 0.15) is 0 Å². The summed E-state index contributed by atoms with van der Waals surface area (Å²) < 4.78 is 1.83. The summed E-state index contributed by atoms with van der Waals surface area (Å²) in [6.07, 6.45) is 9.41. The Balaban J connectivity index is 1.43. The van der Waals surface area contributed by atoms with E-state index in [0.717, 1.165) is 48.4 Å². The number of aromatic nitrogens is 2. The summed E-state index contributed by atoms with van der Waals surface area (Å²) in [6.45, 7) is 1.76. The van der Waals surface area contributed by atoms with E-state index in [-0.39, 0.29) is 5.91 Å². The van der Waals surface area contributed by atoms with Crippen molar-refractivity contribution < 1.29 is 4.79 Å². The number of hydrogen-bond donors (Lipinski definition) is 1. The molecule has 2 fully saturated rings. The van der Waals surface area contributed by atoms with Crippen LogP contribution in [0.3, 0.4) is 0 Å². The van der Waals surface area contributed by atoms with Crippen LogP contribution < -0.4 is 5.43 Å². The summed E-state index contributed by atoms with van der Waals surface area (Å²) in [4.78, 5) is 13.3. The fourth-order valence-electron chi connectivity index (χ4n) is 5.80. The second-order valence-electron chi connectivity index (χ2n) is 9.75. The van der Waals surface area contributed by atoms with Crippen molar-refractivity contribution in [2.75, 3.05) is 13.1 Å². The Kier molecular flexibility index (Phi) is 5.88. The number of rotatable bonds is 4. The van der Waals surface area contributed by atoms with Crippen LogP contribution in [0.2, 0.25) is 10.0 Å². The molecule has 0 unspecified atom stereocenters. The van der Waals surface area contributed by atoms with Crippen LogP contribution in [0, 0.1) is 0 Å². The molecule has 0 radical (unpaired) electrons. The normalized spacial score (nSPS) is 18.2. The van der Waals surface area contributed by atoms with Gasteiger partial charge in [0.15, 0.2) is 5.69 Å². The largest absolute Gasteiger partial charge is 0.286 e. The molecule has 0 spiro atoms. The molecule has 5 nitrogen and oxygen atoms in total. The number of nitrogens with zero attached hydrogens (tertiary/aromatic N) is 3. The molecule has 2 aromatic carbocycles. The first-order chi connectivity index (χ1) is 16.6. The number of halogens is 2. The maximum atomic E-state index is 13.3. The quantitative estimate of drug-likeness (QED) is 0.350. The van der Waals surface area contributed by atoms with Crippen LogP contribution >= 0.6 is 23.2 Å². The highest BCUT2D eigenvalue weighted by molar-refractivity contribution is 6.35. The molecule has 7 heteroatoms. The van der Waals surface area contributed by atoms with Crippen LogP contribution in [0.15, 0.2) is 36.4 Å². The highest BCUT2D eigenvalue weighted by Gasteiger charge is 2.33. The number of carbonyl (C=O) groups excluding carboxylic acids is 1. The van der Waals surface area contributed by atoms with Crippen LogP contribution in [0.4, 0.5) is 0 Å². The Morgan fingerprint density at radius 1 is 0.971 bits per heavy atom. The first kappa shape index (κ1) is 22.1. The number of hydrazine groups is 1. The third kappa shape index (κ3) is 3.94. The van der Waals surface area contributed by atoms with Crippen molar-refractivity contribution in [1.82, 2.24) is 20.2 Å². The van der Waals surface area contributed by atoms with Crippen LogP contribution in [-0.2, 0) is 6.42 Å². The molecule has 34 heavy (non-hydrogen) atoms. The van der Waals surface area contributed by atoms with E-state index in [1.165, 1.54) is 43.2 Å². The minimum absolute atomic E-state index is 0.151. The van der Waals surface area contributed by atoms with E-state index in [0.29, 0.717) is 28.1 Å². The number of fused-ring (bicyclic) bond motifs is 3. The summed E-state index contributed by atoms with van der Waals surface area (Å²) >= 11 is 12.8. The smallest absolute Gasteiger partial charge is 0.283 e. The Labute approximate surface area is 210 Å². The predicted octanol–water partition coefficient (Wildman–Crippen LogP) is 6.54. The molecule has 3 aliphatic rings. The highest BCUT2D eigenvalue weighted by Crippen LogP contribution is 2.43. The Morgan fingerprint density at radius 3 is 2.53 bits per heavy atom. The average molecular weight is 495 g/mol. The molecule has 1 N–H and O–H groups in total. The molecule has 6 rings (SSSR count). The van der Waals surface area contributed by atoms with Gasteiger partial charge in [0.2, 0.25) is 0 Å². The third-order valence-corrected chi connectivity index (χ3v) is 8.07. The van der Waals surface area contributed by atoms with Gasteiger partial charge in [-0.2, -0.15) is 5.10 Å². The average Bonchev–Trinajstić information content (AvgIpc) is 3.56. The summed E-state index contributed by atoms with van der Waals surface area (Å²) in [5.74, 6) is 0.491. The molecule has 1 aromatic heterocycles. The van der Waals surface area contributed by atoms with Gasteiger partial charge in [-0.15, -0.1) is 0 Å². The van der Waals surface area contributed by atoms with Crippen molar-refractivity contribution in [2.24, 2.45) is 0 Å². The first-order valence-corrected chi connectivity index (χ1v) is 13.1. The summed E-state index contributed by atoms with van der Waals surface area (Å²) in [7, 11) is 0. The maximum Gasteiger partial charge on any atom is 0.286 e. The second-order valence-corrected chi connectivity index (χ2v) is 10.6.